The van der Waals surface area contributed by atoms with Crippen LogP contribution in [0.3, 0.4) is 0 Å². The predicted octanol–water partition coefficient (Wildman–Crippen LogP) is 1.90. The van der Waals surface area contributed by atoms with Gasteiger partial charge in [-0.3, -0.25) is 5.21 Å². The third-order valence-corrected chi connectivity index (χ3v) is 7.07. The van der Waals surface area contributed by atoms with Crippen LogP contribution in [0.5, 0.6) is 0 Å². The minimum absolute atomic E-state index is 0.0299. The molecule has 1 aliphatic heterocycles. The zero-order valence-corrected chi connectivity index (χ0v) is 24.0. The van der Waals surface area contributed by atoms with Gasteiger partial charge in [0, 0.05) is 31.6 Å². The van der Waals surface area contributed by atoms with E-state index in [-0.39, 0.29) is 17.4 Å². The number of carbonyl (C=O) groups is 1. The highest BCUT2D eigenvalue weighted by atomic mass is 35.5. The maximum Gasteiger partial charge on any atom is 0.360 e. The van der Waals surface area contributed by atoms with E-state index in [1.54, 1.807) is 4.57 Å². The number of unbranched alkanes of at least 4 members (excludes halogenated alkanes) is 1. The number of aliphatic hydroxyl groups is 1. The van der Waals surface area contributed by atoms with Gasteiger partial charge in [0.05, 0.1) is 6.10 Å². The molecule has 0 spiro atoms. The molecule has 15 heteroatoms. The lowest BCUT2D eigenvalue weighted by Gasteiger charge is -2.24. The van der Waals surface area contributed by atoms with E-state index >= 15 is 0 Å². The Balaban J connectivity index is 1.48. The number of nitrogens with zero attached hydrogens (tertiary/aromatic N) is 5. The van der Waals surface area contributed by atoms with Gasteiger partial charge in [0.2, 0.25) is 6.79 Å². The Kier molecular flexibility index (Phi) is 11.2. The molecule has 8 N–H and O–H groups in total. The molecule has 0 amide bonds. The van der Waals surface area contributed by atoms with Gasteiger partial charge in [0.15, 0.2) is 16.7 Å². The lowest BCUT2D eigenvalue weighted by Crippen LogP contribution is -2.48. The highest BCUT2D eigenvalue weighted by molar-refractivity contribution is 6.32. The number of aliphatic hydroxyl groups excluding tert-OH is 1. The van der Waals surface area contributed by atoms with Gasteiger partial charge < -0.3 is 25.7 Å². The van der Waals surface area contributed by atoms with Crippen molar-refractivity contribution in [3.05, 3.63) is 76.3 Å². The largest absolute Gasteiger partial charge is 0.432 e. The molecule has 14 nitrogen and oxygen atoms in total. The van der Waals surface area contributed by atoms with Crippen LogP contribution in [0.25, 0.3) is 11.1 Å². The Morgan fingerprint density at radius 3 is 2.69 bits per heavy atom. The lowest BCUT2D eigenvalue weighted by molar-refractivity contribution is -0.349. The molecule has 1 unspecified atom stereocenters. The van der Waals surface area contributed by atoms with Gasteiger partial charge >= 0.3 is 5.97 Å². The highest BCUT2D eigenvalue weighted by Gasteiger charge is 2.26. The van der Waals surface area contributed by atoms with E-state index in [2.05, 4.69) is 28.0 Å². The number of esters is 1. The second-order valence-corrected chi connectivity index (χ2v) is 10.0. The number of halogens is 1. The number of aromatic nitrogens is 2. The van der Waals surface area contributed by atoms with Crippen LogP contribution >= 0.6 is 11.6 Å². The Morgan fingerprint density at radius 1 is 1.26 bits per heavy atom. The lowest BCUT2D eigenvalue weighted by atomic mass is 9.98. The van der Waals surface area contributed by atoms with Crippen molar-refractivity contribution in [1.29, 1.82) is 0 Å². The maximum atomic E-state index is 13.1. The number of ether oxygens (including phenoxy) is 1. The number of hydrazone groups is 1. The number of benzene rings is 2. The third-order valence-electron chi connectivity index (χ3n) is 6.81. The van der Waals surface area contributed by atoms with Crippen molar-refractivity contribution in [2.24, 2.45) is 16.8 Å². The van der Waals surface area contributed by atoms with E-state index in [1.165, 1.54) is 5.01 Å². The fraction of sp³-hybridized carbons (Fsp3) is 0.370. The number of hydrogen-bond donors (Lipinski definition) is 6. The highest BCUT2D eigenvalue weighted by Crippen LogP contribution is 2.26. The Bertz CT molecular complexity index is 1370. The number of nitrogens with one attached hydrogen (secondary N) is 2. The summed E-state index contributed by atoms with van der Waals surface area (Å²) >= 11 is 6.43. The standard InChI is InChI=1S/C27H36ClN9O5/c1-2-3-8-23-31-25(28)24(27(39)41-17-42-34-37(40)35-14-13-20(38)16-35)36(23)15-18-9-11-19(12-10-18)21-6-4-5-7-22(21)26(32-29)33-30/h4-7,9-12,20,34,38,40H,2-3,8,13-17,29-30H2,1H3,(H,32,33). The molecular weight excluding hydrogens is 566 g/mol. The van der Waals surface area contributed by atoms with Crippen LogP contribution in [-0.4, -0.2) is 67.9 Å². The third kappa shape index (κ3) is 7.61. The summed E-state index contributed by atoms with van der Waals surface area (Å²) in [6, 6.07) is 15.4. The molecule has 1 aromatic heterocycles. The van der Waals surface area contributed by atoms with Crippen molar-refractivity contribution < 1.29 is 24.7 Å². The smallest absolute Gasteiger partial charge is 0.360 e. The number of imidazole rings is 1. The topological polar surface area (TPSA) is 189 Å². The summed E-state index contributed by atoms with van der Waals surface area (Å²) in [5, 5.41) is 25.4. The first-order chi connectivity index (χ1) is 20.4. The van der Waals surface area contributed by atoms with Crippen LogP contribution in [0.2, 0.25) is 5.15 Å². The molecule has 2 heterocycles. The Morgan fingerprint density at radius 2 is 2.02 bits per heavy atom. The van der Waals surface area contributed by atoms with Crippen LogP contribution in [0.1, 0.15) is 53.6 Å². The average Bonchev–Trinajstić information content (AvgIpc) is 3.57. The van der Waals surface area contributed by atoms with Crippen molar-refractivity contribution in [1.82, 2.24) is 30.9 Å². The normalized spacial score (nSPS) is 15.9. The predicted molar refractivity (Wildman–Crippen MR) is 155 cm³/mol. The number of carbonyl (C=O) groups excluding carboxylic acids is 1. The van der Waals surface area contributed by atoms with E-state index in [0.29, 0.717) is 42.9 Å². The molecule has 1 saturated heterocycles. The van der Waals surface area contributed by atoms with E-state index < -0.39 is 18.9 Å². The van der Waals surface area contributed by atoms with Gasteiger partial charge in [0.25, 0.3) is 0 Å². The van der Waals surface area contributed by atoms with Crippen LogP contribution in [0.15, 0.2) is 53.6 Å². The summed E-state index contributed by atoms with van der Waals surface area (Å²) in [4.78, 5) is 22.6. The van der Waals surface area contributed by atoms with Gasteiger partial charge in [0.1, 0.15) is 5.82 Å². The van der Waals surface area contributed by atoms with Gasteiger partial charge in [-0.15, -0.1) is 0 Å². The number of β-amino-alcohol motifs (C(OH)–C–C–N with tert-alkyl or cyclic N) is 1. The summed E-state index contributed by atoms with van der Waals surface area (Å²) in [6.45, 7) is 2.55. The molecule has 0 bridgehead atoms. The van der Waals surface area contributed by atoms with Crippen LogP contribution < -0.4 is 22.7 Å². The molecule has 1 fully saturated rings. The molecule has 0 aliphatic carbocycles. The number of hydrazine groups is 3. The Labute approximate surface area is 248 Å². The zero-order valence-electron chi connectivity index (χ0n) is 23.2. The van der Waals surface area contributed by atoms with Crippen molar-refractivity contribution in [2.45, 2.75) is 45.3 Å². The molecule has 0 radical (unpaired) electrons. The van der Waals surface area contributed by atoms with Crippen molar-refractivity contribution >= 4 is 23.4 Å². The van der Waals surface area contributed by atoms with E-state index in [9.17, 15) is 15.1 Å². The fourth-order valence-corrected chi connectivity index (χ4v) is 4.92. The second kappa shape index (κ2) is 15.0. The summed E-state index contributed by atoms with van der Waals surface area (Å²) < 4.78 is 7.01. The average molecular weight is 602 g/mol. The van der Waals surface area contributed by atoms with Gasteiger partial charge in [-0.1, -0.05) is 79.1 Å². The van der Waals surface area contributed by atoms with Crippen LogP contribution in [0.4, 0.5) is 0 Å². The van der Waals surface area contributed by atoms with Gasteiger partial charge in [-0.2, -0.15) is 10.1 Å². The summed E-state index contributed by atoms with van der Waals surface area (Å²) in [5.74, 6) is 11.4. The summed E-state index contributed by atoms with van der Waals surface area (Å²) in [5.41, 5.74) is 8.33. The monoisotopic (exact) mass is 601 g/mol. The first kappa shape index (κ1) is 31.3. The SMILES string of the molecule is CCCCc1nc(Cl)c(C(=O)OCONN(O)N2CCC(O)C2)n1Cc1ccc(-c2ccccc2/C(=N/N)NN)cc1. The number of nitrogens with two attached hydrogens (primary N) is 2. The summed E-state index contributed by atoms with van der Waals surface area (Å²) in [6.07, 6.45) is 2.41. The van der Waals surface area contributed by atoms with E-state index in [4.69, 9.17) is 32.9 Å². The van der Waals surface area contributed by atoms with E-state index in [0.717, 1.165) is 35.1 Å². The summed E-state index contributed by atoms with van der Waals surface area (Å²) in [7, 11) is 0. The first-order valence-corrected chi connectivity index (χ1v) is 13.9. The second-order valence-electron chi connectivity index (χ2n) is 9.65. The minimum atomic E-state index is -0.730. The van der Waals surface area contributed by atoms with E-state index in [1.807, 2.05) is 48.5 Å². The van der Waals surface area contributed by atoms with Gasteiger partial charge in [-0.25, -0.2) is 20.5 Å². The Hall–Kier alpha value is -3.60. The van der Waals surface area contributed by atoms with Crippen molar-refractivity contribution in [2.75, 3.05) is 19.9 Å². The number of aryl methyl sites for hydroxylation is 1. The fourth-order valence-electron chi connectivity index (χ4n) is 4.64. The molecule has 0 saturated carbocycles. The molecule has 4 rings (SSSR count). The molecule has 2 aromatic carbocycles. The molecule has 3 aromatic rings. The van der Waals surface area contributed by atoms with Crippen LogP contribution in [0, 0.1) is 0 Å². The number of rotatable bonds is 13. The first-order valence-electron chi connectivity index (χ1n) is 13.5. The molecular formula is C27H36ClN9O5. The molecule has 42 heavy (non-hydrogen) atoms. The van der Waals surface area contributed by atoms with Crippen molar-refractivity contribution in [3.8, 4) is 11.1 Å². The molecule has 1 atom stereocenters. The maximum absolute atomic E-state index is 13.1. The zero-order chi connectivity index (χ0) is 30.1. The number of amidine groups is 1. The van der Waals surface area contributed by atoms with Crippen LogP contribution in [-0.2, 0) is 22.5 Å². The number of hydrogen-bond acceptors (Lipinski definition) is 12. The molecule has 226 valence electrons. The molecule has 1 aliphatic rings. The quantitative estimate of drug-likeness (QED) is 0.0318. The minimum Gasteiger partial charge on any atom is -0.432 e. The van der Waals surface area contributed by atoms with Gasteiger partial charge in [-0.05, 0) is 34.8 Å². The van der Waals surface area contributed by atoms with Crippen molar-refractivity contribution in [3.63, 3.8) is 0 Å².